The highest BCUT2D eigenvalue weighted by Crippen LogP contribution is 2.34. The van der Waals surface area contributed by atoms with Crippen LogP contribution in [0.15, 0.2) is 55.0 Å². The zero-order valence-corrected chi connectivity index (χ0v) is 19.5. The molecule has 1 fully saturated rings. The van der Waals surface area contributed by atoms with E-state index in [1.165, 1.54) is 18.4 Å². The third-order valence-corrected chi connectivity index (χ3v) is 6.96. The van der Waals surface area contributed by atoms with Gasteiger partial charge in [-0.1, -0.05) is 12.1 Å². The Balaban J connectivity index is 1.35. The van der Waals surface area contributed by atoms with Gasteiger partial charge in [0.15, 0.2) is 5.65 Å². The van der Waals surface area contributed by atoms with Gasteiger partial charge in [0.25, 0.3) is 0 Å². The van der Waals surface area contributed by atoms with E-state index in [-0.39, 0.29) is 0 Å². The summed E-state index contributed by atoms with van der Waals surface area (Å²) in [4.78, 5) is 31.4. The Morgan fingerprint density at radius 1 is 1.09 bits per heavy atom. The Morgan fingerprint density at radius 3 is 2.71 bits per heavy atom. The molecular weight excluding hydrogens is 438 g/mol. The molecule has 0 bridgehead atoms. The quantitative estimate of drug-likeness (QED) is 0.376. The van der Waals surface area contributed by atoms with E-state index in [4.69, 9.17) is 9.97 Å². The summed E-state index contributed by atoms with van der Waals surface area (Å²) in [6, 6.07) is 12.0. The average Bonchev–Trinajstić information content (AvgIpc) is 3.37. The molecule has 0 saturated carbocycles. The number of anilines is 2. The van der Waals surface area contributed by atoms with Crippen molar-refractivity contribution in [2.24, 2.45) is 0 Å². The minimum absolute atomic E-state index is 0.476. The maximum absolute atomic E-state index is 11.9. The Bertz CT molecular complexity index is 1400. The lowest BCUT2D eigenvalue weighted by Gasteiger charge is -2.29. The first-order valence-electron chi connectivity index (χ1n) is 12.0. The van der Waals surface area contributed by atoms with Gasteiger partial charge in [0.2, 0.25) is 0 Å². The molecule has 0 aliphatic carbocycles. The zero-order valence-electron chi connectivity index (χ0n) is 19.5. The Labute approximate surface area is 203 Å². The first-order valence-corrected chi connectivity index (χ1v) is 12.0. The van der Waals surface area contributed by atoms with Gasteiger partial charge in [0, 0.05) is 17.4 Å². The third-order valence-electron chi connectivity index (χ3n) is 6.96. The van der Waals surface area contributed by atoms with Crippen LogP contribution in [0.25, 0.3) is 28.6 Å². The number of aromatic amines is 1. The molecule has 3 aromatic heterocycles. The molecule has 2 aliphatic rings. The van der Waals surface area contributed by atoms with Gasteiger partial charge in [-0.15, -0.1) is 0 Å². The maximum atomic E-state index is 11.9. The average molecular weight is 466 g/mol. The molecule has 35 heavy (non-hydrogen) atoms. The number of fused-ring (bicyclic) bond motifs is 2. The number of hydrogen-bond acceptors (Lipinski definition) is 7. The minimum Gasteiger partial charge on any atom is -0.378 e. The largest absolute Gasteiger partial charge is 0.378 e. The van der Waals surface area contributed by atoms with Crippen molar-refractivity contribution in [3.8, 4) is 11.4 Å². The van der Waals surface area contributed by atoms with Crippen LogP contribution < -0.4 is 10.6 Å². The molecule has 0 radical (unpaired) electrons. The fourth-order valence-electron chi connectivity index (χ4n) is 4.97. The molecule has 1 atom stereocenters. The van der Waals surface area contributed by atoms with Crippen LogP contribution in [0.2, 0.25) is 0 Å². The first-order chi connectivity index (χ1) is 17.2. The van der Waals surface area contributed by atoms with Gasteiger partial charge in [-0.3, -0.25) is 0 Å². The number of aromatic nitrogens is 4. The van der Waals surface area contributed by atoms with Crippen molar-refractivity contribution >= 4 is 35.0 Å². The predicted octanol–water partition coefficient (Wildman–Crippen LogP) is 4.39. The number of likely N-dealkylation sites (tertiary alicyclic amines) is 1. The van der Waals surface area contributed by atoms with E-state index in [0.29, 0.717) is 23.1 Å². The molecule has 0 spiro atoms. The van der Waals surface area contributed by atoms with Gasteiger partial charge in [-0.25, -0.2) is 15.0 Å². The van der Waals surface area contributed by atoms with Crippen molar-refractivity contribution in [3.63, 3.8) is 0 Å². The van der Waals surface area contributed by atoms with Gasteiger partial charge < -0.3 is 25.3 Å². The number of benzene rings is 1. The summed E-state index contributed by atoms with van der Waals surface area (Å²) in [5.74, 6) is 1.24. The number of nitrogens with one attached hydrogen (secondary N) is 3. The van der Waals surface area contributed by atoms with E-state index >= 15 is 0 Å². The fraction of sp³-hybridized carbons (Fsp3) is 0.259. The molecule has 3 N–H and O–H groups in total. The molecule has 5 heterocycles. The summed E-state index contributed by atoms with van der Waals surface area (Å²) in [6.45, 7) is 2.27. The highest BCUT2D eigenvalue weighted by Gasteiger charge is 2.24. The molecule has 1 aromatic carbocycles. The second-order valence-electron chi connectivity index (χ2n) is 9.26. The Hall–Kier alpha value is -4.04. The summed E-state index contributed by atoms with van der Waals surface area (Å²) in [5, 5.41) is 6.59. The van der Waals surface area contributed by atoms with Crippen LogP contribution in [-0.4, -0.2) is 51.3 Å². The molecule has 1 unspecified atom stereocenters. The molecule has 6 rings (SSSR count). The highest BCUT2D eigenvalue weighted by molar-refractivity contribution is 5.80. The van der Waals surface area contributed by atoms with Gasteiger partial charge in [-0.2, -0.15) is 0 Å². The van der Waals surface area contributed by atoms with Crippen molar-refractivity contribution in [2.75, 3.05) is 25.5 Å². The van der Waals surface area contributed by atoms with Crippen molar-refractivity contribution < 1.29 is 4.79 Å². The molecule has 0 amide bonds. The van der Waals surface area contributed by atoms with E-state index in [9.17, 15) is 4.79 Å². The van der Waals surface area contributed by atoms with E-state index < -0.39 is 6.04 Å². The first kappa shape index (κ1) is 21.5. The number of H-pyrrole nitrogens is 1. The van der Waals surface area contributed by atoms with Crippen molar-refractivity contribution in [1.29, 1.82) is 0 Å². The number of carbonyl (C=O) groups excluding carboxylic acids is 1. The van der Waals surface area contributed by atoms with Gasteiger partial charge in [0.1, 0.15) is 29.4 Å². The number of piperidine rings is 1. The molecule has 8 heteroatoms. The number of aldehydes is 1. The molecule has 4 aromatic rings. The summed E-state index contributed by atoms with van der Waals surface area (Å²) in [7, 11) is 2.18. The third kappa shape index (κ3) is 4.17. The highest BCUT2D eigenvalue weighted by atomic mass is 16.1. The number of carbonyl (C=O) groups is 1. The van der Waals surface area contributed by atoms with Gasteiger partial charge in [-0.05, 0) is 86.6 Å². The second-order valence-corrected chi connectivity index (χ2v) is 9.26. The fourth-order valence-corrected chi connectivity index (χ4v) is 4.97. The van der Waals surface area contributed by atoms with Crippen LogP contribution in [0.5, 0.6) is 0 Å². The molecule has 2 aliphatic heterocycles. The smallest absolute Gasteiger partial charge is 0.156 e. The number of nitrogens with zero attached hydrogens (tertiary/aromatic N) is 4. The molecule has 8 nitrogen and oxygen atoms in total. The zero-order chi connectivity index (χ0) is 23.8. The summed E-state index contributed by atoms with van der Waals surface area (Å²) < 4.78 is 0. The Morgan fingerprint density at radius 2 is 1.91 bits per heavy atom. The number of hydrogen-bond donors (Lipinski definition) is 3. The van der Waals surface area contributed by atoms with E-state index in [0.717, 1.165) is 47.4 Å². The summed E-state index contributed by atoms with van der Waals surface area (Å²) >= 11 is 0. The summed E-state index contributed by atoms with van der Waals surface area (Å²) in [5.41, 5.74) is 6.94. The van der Waals surface area contributed by atoms with Gasteiger partial charge >= 0.3 is 0 Å². The lowest BCUT2D eigenvalue weighted by Crippen LogP contribution is -2.29. The van der Waals surface area contributed by atoms with Crippen molar-refractivity contribution in [1.82, 2.24) is 30.2 Å². The van der Waals surface area contributed by atoms with Crippen LogP contribution in [0.3, 0.4) is 0 Å². The van der Waals surface area contributed by atoms with Crippen LogP contribution >= 0.6 is 0 Å². The maximum Gasteiger partial charge on any atom is 0.156 e. The Kier molecular flexibility index (Phi) is 5.50. The predicted molar refractivity (Wildman–Crippen MR) is 137 cm³/mol. The van der Waals surface area contributed by atoms with Crippen molar-refractivity contribution in [3.05, 3.63) is 71.7 Å². The second kappa shape index (κ2) is 8.96. The molecule has 176 valence electrons. The molecule has 1 saturated heterocycles. The minimum atomic E-state index is -0.476. The summed E-state index contributed by atoms with van der Waals surface area (Å²) in [6.07, 6.45) is 10.6. The van der Waals surface area contributed by atoms with E-state index in [1.807, 2.05) is 24.4 Å². The lowest BCUT2D eigenvalue weighted by atomic mass is 9.89. The topological polar surface area (TPSA) is 98.8 Å². The van der Waals surface area contributed by atoms with Gasteiger partial charge in [0.05, 0.1) is 11.9 Å². The SMILES string of the molecule is CN1CCC(c2ccc(Nc3nc(-c4cnc5[nH]ccc5n4)cc4c3C(C=O)NC=C4)cc2)CC1. The van der Waals surface area contributed by atoms with Crippen LogP contribution in [-0.2, 0) is 4.79 Å². The lowest BCUT2D eigenvalue weighted by molar-refractivity contribution is -0.109. The van der Waals surface area contributed by atoms with Crippen LogP contribution in [0, 0.1) is 0 Å². The number of rotatable bonds is 5. The van der Waals surface area contributed by atoms with E-state index in [2.05, 4.69) is 56.8 Å². The van der Waals surface area contributed by atoms with Crippen LogP contribution in [0.1, 0.15) is 41.5 Å². The molecular formula is C27H27N7O. The number of pyridine rings is 1. The standard InChI is InChI=1S/C27H27N7O/c1-34-12-8-18(9-13-34)17-2-4-20(5-3-17)31-27-25-19(6-10-28-24(25)16-35)14-22(33-27)23-15-30-26-21(32-23)7-11-29-26/h2-7,10-11,14-16,18,24,28H,8-9,12-13H2,1H3,(H,29,30)(H,31,33). The normalized spacial score (nSPS) is 18.3. The van der Waals surface area contributed by atoms with Crippen LogP contribution in [0.4, 0.5) is 11.5 Å². The van der Waals surface area contributed by atoms with E-state index in [1.54, 1.807) is 12.4 Å². The monoisotopic (exact) mass is 465 g/mol. The van der Waals surface area contributed by atoms with Crippen molar-refractivity contribution in [2.45, 2.75) is 24.8 Å².